The molecule has 0 radical (unpaired) electrons. The second-order valence-electron chi connectivity index (χ2n) is 8.14. The van der Waals surface area contributed by atoms with Crippen molar-refractivity contribution in [3.63, 3.8) is 0 Å². The highest BCUT2D eigenvalue weighted by Gasteiger charge is 2.33. The van der Waals surface area contributed by atoms with Gasteiger partial charge in [-0.3, -0.25) is 0 Å². The van der Waals surface area contributed by atoms with Crippen LogP contribution in [0.4, 0.5) is 5.82 Å². The third kappa shape index (κ3) is 4.13. The Labute approximate surface area is 170 Å². The number of fused-ring (bicyclic) bond motifs is 3. The Morgan fingerprint density at radius 2 is 2.04 bits per heavy atom. The molecule has 1 fully saturated rings. The molecule has 6 heteroatoms. The van der Waals surface area contributed by atoms with Crippen LogP contribution < -0.4 is 5.32 Å². The summed E-state index contributed by atoms with van der Waals surface area (Å²) in [5, 5.41) is 6.01. The van der Waals surface area contributed by atoms with Crippen molar-refractivity contribution in [3.8, 4) is 0 Å². The molecule has 0 spiro atoms. The molecule has 3 heterocycles. The van der Waals surface area contributed by atoms with Gasteiger partial charge in [0.25, 0.3) is 0 Å². The molecule has 2 aromatic rings. The molecule has 1 saturated carbocycles. The predicted molar refractivity (Wildman–Crippen MR) is 116 cm³/mol. The topological polar surface area (TPSA) is 47.0 Å². The molecule has 27 heavy (non-hydrogen) atoms. The number of thiophene rings is 1. The van der Waals surface area contributed by atoms with Crippen molar-refractivity contribution in [2.75, 3.05) is 11.1 Å². The first-order valence-electron chi connectivity index (χ1n) is 10.5. The molecule has 4 nitrogen and oxygen atoms in total. The molecule has 0 bridgehead atoms. The van der Waals surface area contributed by atoms with Crippen molar-refractivity contribution < 1.29 is 4.74 Å². The summed E-state index contributed by atoms with van der Waals surface area (Å²) in [5.41, 5.74) is 1.36. The molecule has 0 aromatic carbocycles. The molecular weight excluding hydrogens is 374 g/mol. The first-order valence-corrected chi connectivity index (χ1v) is 12.3. The molecule has 1 unspecified atom stereocenters. The fourth-order valence-corrected chi connectivity index (χ4v) is 5.94. The number of nitrogens with zero attached hydrogens (tertiary/aromatic N) is 2. The van der Waals surface area contributed by atoms with Gasteiger partial charge in [-0.2, -0.15) is 0 Å². The van der Waals surface area contributed by atoms with Crippen molar-refractivity contribution in [2.24, 2.45) is 0 Å². The van der Waals surface area contributed by atoms with Crippen LogP contribution >= 0.6 is 23.1 Å². The number of ether oxygens (including phenoxy) is 1. The zero-order valence-corrected chi connectivity index (χ0v) is 18.4. The molecule has 2 aromatic heterocycles. The van der Waals surface area contributed by atoms with Crippen LogP contribution in [0.15, 0.2) is 5.16 Å². The monoisotopic (exact) mass is 405 g/mol. The normalized spacial score (nSPS) is 23.5. The molecular formula is C21H31N3OS2. The van der Waals surface area contributed by atoms with Gasteiger partial charge in [0.05, 0.1) is 17.6 Å². The lowest BCUT2D eigenvalue weighted by molar-refractivity contribution is -0.0542. The molecule has 1 aliphatic carbocycles. The average Bonchev–Trinajstić information content (AvgIpc) is 3.04. The third-order valence-electron chi connectivity index (χ3n) is 5.95. The lowest BCUT2D eigenvalue weighted by Gasteiger charge is -2.33. The van der Waals surface area contributed by atoms with E-state index in [0.29, 0.717) is 12.6 Å². The van der Waals surface area contributed by atoms with Crippen molar-refractivity contribution in [2.45, 2.75) is 95.5 Å². The van der Waals surface area contributed by atoms with E-state index in [1.807, 2.05) is 0 Å². The lowest BCUT2D eigenvalue weighted by Crippen LogP contribution is -2.34. The summed E-state index contributed by atoms with van der Waals surface area (Å²) in [4.78, 5) is 12.4. The van der Waals surface area contributed by atoms with E-state index in [2.05, 4.69) is 26.1 Å². The Morgan fingerprint density at radius 1 is 1.22 bits per heavy atom. The maximum atomic E-state index is 6.19. The molecule has 4 rings (SSSR count). The number of thioether (sulfide) groups is 1. The van der Waals surface area contributed by atoms with Gasteiger partial charge in [0, 0.05) is 23.1 Å². The highest BCUT2D eigenvalue weighted by molar-refractivity contribution is 7.99. The number of anilines is 1. The van der Waals surface area contributed by atoms with E-state index >= 15 is 0 Å². The van der Waals surface area contributed by atoms with E-state index in [1.165, 1.54) is 47.9 Å². The van der Waals surface area contributed by atoms with E-state index in [-0.39, 0.29) is 5.60 Å². The SMILES string of the molecule is CCCSc1nc(NC2CCCCC2)c2c3c(sc2n1)COC(C)(CC)C3. The van der Waals surface area contributed by atoms with Gasteiger partial charge in [0.15, 0.2) is 5.16 Å². The van der Waals surface area contributed by atoms with Gasteiger partial charge >= 0.3 is 0 Å². The number of nitrogens with one attached hydrogen (secondary N) is 1. The second kappa shape index (κ2) is 8.26. The minimum Gasteiger partial charge on any atom is -0.369 e. The molecule has 148 valence electrons. The highest BCUT2D eigenvalue weighted by Crippen LogP contribution is 2.43. The van der Waals surface area contributed by atoms with Crippen LogP contribution in [0.1, 0.15) is 76.2 Å². The standard InChI is InChI=1S/C21H31N3OS2/c1-4-11-26-20-23-18(22-14-9-7-6-8-10-14)17-15-12-21(3,5-2)25-13-16(15)27-19(17)24-20/h14H,4-13H2,1-3H3,(H,22,23,24). The number of hydrogen-bond donors (Lipinski definition) is 1. The first-order chi connectivity index (χ1) is 13.1. The van der Waals surface area contributed by atoms with Crippen LogP contribution in [0.5, 0.6) is 0 Å². The molecule has 0 saturated heterocycles. The lowest BCUT2D eigenvalue weighted by atomic mass is 9.90. The highest BCUT2D eigenvalue weighted by atomic mass is 32.2. The van der Waals surface area contributed by atoms with E-state index in [9.17, 15) is 0 Å². The van der Waals surface area contributed by atoms with E-state index in [0.717, 1.165) is 40.8 Å². The predicted octanol–water partition coefficient (Wildman–Crippen LogP) is 6.18. The van der Waals surface area contributed by atoms with E-state index < -0.39 is 0 Å². The van der Waals surface area contributed by atoms with Gasteiger partial charge in [-0.25, -0.2) is 9.97 Å². The third-order valence-corrected chi connectivity index (χ3v) is 8.10. The van der Waals surface area contributed by atoms with Gasteiger partial charge in [-0.1, -0.05) is 44.9 Å². The first kappa shape index (κ1) is 19.5. The largest absolute Gasteiger partial charge is 0.369 e. The Kier molecular flexibility index (Phi) is 5.95. The van der Waals surface area contributed by atoms with Gasteiger partial charge in [0.1, 0.15) is 10.6 Å². The molecule has 1 atom stereocenters. The van der Waals surface area contributed by atoms with E-state index in [1.54, 1.807) is 23.1 Å². The number of hydrogen-bond acceptors (Lipinski definition) is 6. The number of aromatic nitrogens is 2. The van der Waals surface area contributed by atoms with Crippen molar-refractivity contribution >= 4 is 39.1 Å². The summed E-state index contributed by atoms with van der Waals surface area (Å²) in [6, 6.07) is 0.550. The summed E-state index contributed by atoms with van der Waals surface area (Å²) in [5.74, 6) is 2.14. The fourth-order valence-electron chi connectivity index (χ4n) is 4.08. The molecule has 0 amide bonds. The van der Waals surface area contributed by atoms with Crippen LogP contribution in [0.25, 0.3) is 10.2 Å². The van der Waals surface area contributed by atoms with Crippen molar-refractivity contribution in [3.05, 3.63) is 10.4 Å². The summed E-state index contributed by atoms with van der Waals surface area (Å²) in [6.07, 6.45) is 9.66. The van der Waals surface area contributed by atoms with Crippen LogP contribution in [-0.4, -0.2) is 27.4 Å². The molecule has 1 N–H and O–H groups in total. The van der Waals surface area contributed by atoms with Crippen molar-refractivity contribution in [1.82, 2.24) is 9.97 Å². The summed E-state index contributed by atoms with van der Waals surface area (Å²) in [7, 11) is 0. The minimum atomic E-state index is -0.0707. The van der Waals surface area contributed by atoms with Gasteiger partial charge < -0.3 is 10.1 Å². The second-order valence-corrected chi connectivity index (χ2v) is 10.3. The van der Waals surface area contributed by atoms with Gasteiger partial charge in [-0.15, -0.1) is 11.3 Å². The Hall–Kier alpha value is -0.850. The smallest absolute Gasteiger partial charge is 0.190 e. The summed E-state index contributed by atoms with van der Waals surface area (Å²) in [6.45, 7) is 7.37. The van der Waals surface area contributed by atoms with Gasteiger partial charge in [0.2, 0.25) is 0 Å². The van der Waals surface area contributed by atoms with Crippen LogP contribution in [0.2, 0.25) is 0 Å². The van der Waals surface area contributed by atoms with Crippen LogP contribution in [0.3, 0.4) is 0 Å². The Balaban J connectivity index is 1.75. The van der Waals surface area contributed by atoms with E-state index in [4.69, 9.17) is 14.7 Å². The maximum Gasteiger partial charge on any atom is 0.190 e. The average molecular weight is 406 g/mol. The number of rotatable bonds is 6. The van der Waals surface area contributed by atoms with Crippen LogP contribution in [0, 0.1) is 0 Å². The molecule has 2 aliphatic rings. The molecule has 1 aliphatic heterocycles. The summed E-state index contributed by atoms with van der Waals surface area (Å²) < 4.78 is 6.19. The zero-order chi connectivity index (χ0) is 18.9. The maximum absolute atomic E-state index is 6.19. The fraction of sp³-hybridized carbons (Fsp3) is 0.714. The van der Waals surface area contributed by atoms with Crippen molar-refractivity contribution in [1.29, 1.82) is 0 Å². The Bertz CT molecular complexity index is 800. The Morgan fingerprint density at radius 3 is 2.78 bits per heavy atom. The van der Waals surface area contributed by atoms with Crippen LogP contribution in [-0.2, 0) is 17.8 Å². The summed E-state index contributed by atoms with van der Waals surface area (Å²) >= 11 is 3.58. The van der Waals surface area contributed by atoms with Gasteiger partial charge in [-0.05, 0) is 38.2 Å². The minimum absolute atomic E-state index is 0.0707. The quantitative estimate of drug-likeness (QED) is 0.459. The zero-order valence-electron chi connectivity index (χ0n) is 16.8.